The van der Waals surface area contributed by atoms with Gasteiger partial charge >= 0.3 is 0 Å². The Bertz CT molecular complexity index is 335. The summed E-state index contributed by atoms with van der Waals surface area (Å²) in [5.41, 5.74) is 4.46. The molecule has 0 aromatic heterocycles. The molecular weight excluding hydrogens is 224 g/mol. The topological polar surface area (TPSA) is 9.23 Å². The van der Waals surface area contributed by atoms with Crippen molar-refractivity contribution in [3.8, 4) is 0 Å². The first-order valence-corrected chi connectivity index (χ1v) is 8.48. The molecule has 17 heavy (non-hydrogen) atoms. The molecule has 0 amide bonds. The van der Waals surface area contributed by atoms with Gasteiger partial charge in [0.05, 0.1) is 6.61 Å². The Balaban J connectivity index is 2.78. The minimum atomic E-state index is -1.84. The second-order valence-corrected chi connectivity index (χ2v) is 9.85. The molecule has 0 aliphatic carbocycles. The average molecular weight is 248 g/mol. The van der Waals surface area contributed by atoms with Crippen LogP contribution in [0.5, 0.6) is 0 Å². The van der Waals surface area contributed by atoms with Crippen LogP contribution in [0.1, 0.15) is 33.3 Å². The summed E-state index contributed by atoms with van der Waals surface area (Å²) in [4.78, 5) is 0. The van der Waals surface area contributed by atoms with Gasteiger partial charge in [0.25, 0.3) is 0 Å². The van der Waals surface area contributed by atoms with Crippen LogP contribution >= 0.6 is 0 Å². The third-order valence-corrected chi connectivity index (χ3v) is 8.35. The summed E-state index contributed by atoms with van der Waals surface area (Å²) in [6, 6.07) is 10.4. The van der Waals surface area contributed by atoms with Gasteiger partial charge in [0.15, 0.2) is 0 Å². The van der Waals surface area contributed by atoms with E-state index in [9.17, 15) is 0 Å². The Morgan fingerprint density at radius 1 is 1.12 bits per heavy atom. The van der Waals surface area contributed by atoms with Gasteiger partial charge in [-0.1, -0.05) is 63.7 Å². The molecule has 0 aliphatic rings. The molecule has 1 nitrogen and oxygen atoms in total. The first kappa shape index (κ1) is 14.2. The summed E-state index contributed by atoms with van der Waals surface area (Å²) in [6.45, 7) is 13.7. The van der Waals surface area contributed by atoms with Crippen molar-refractivity contribution in [2.24, 2.45) is 0 Å². The van der Waals surface area contributed by atoms with E-state index >= 15 is 0 Å². The molecule has 0 unspecified atom stereocenters. The number of rotatable bonds is 6. The fraction of sp³-hybridized carbons (Fsp3) is 0.467. The zero-order chi connectivity index (χ0) is 12.9. The Morgan fingerprint density at radius 2 is 1.65 bits per heavy atom. The Hall–Kier alpha value is -0.863. The van der Waals surface area contributed by atoms with Crippen LogP contribution in [0.15, 0.2) is 42.6 Å². The van der Waals surface area contributed by atoms with Crippen molar-refractivity contribution < 1.29 is 4.43 Å². The molecule has 0 fully saturated rings. The smallest absolute Gasteiger partial charge is 0.222 e. The molecule has 0 N–H and O–H groups in total. The van der Waals surface area contributed by atoms with Crippen molar-refractivity contribution in [3.05, 3.63) is 48.2 Å². The highest BCUT2D eigenvalue weighted by atomic mass is 28.4. The third kappa shape index (κ3) is 3.30. The van der Waals surface area contributed by atoms with Crippen LogP contribution < -0.4 is 0 Å². The summed E-state index contributed by atoms with van der Waals surface area (Å²) < 4.78 is 6.31. The number of hydrogen-bond donors (Lipinski definition) is 0. The molecule has 94 valence electrons. The standard InChI is InChI=1S/C15H24OSi/c1-6-17(13(2)3,14(4)5)16-12-15-10-8-7-9-11-15/h6-11,13-14H,1,12H2,2-5H3. The molecule has 2 heteroatoms. The van der Waals surface area contributed by atoms with Crippen molar-refractivity contribution in [2.45, 2.75) is 45.4 Å². The first-order chi connectivity index (χ1) is 8.03. The Kier molecular flexibility index (Phi) is 5.16. The van der Waals surface area contributed by atoms with Gasteiger partial charge in [0.2, 0.25) is 8.32 Å². The zero-order valence-electron chi connectivity index (χ0n) is 11.4. The van der Waals surface area contributed by atoms with E-state index in [-0.39, 0.29) is 0 Å². The van der Waals surface area contributed by atoms with E-state index in [1.54, 1.807) is 0 Å². The summed E-state index contributed by atoms with van der Waals surface area (Å²) in [7, 11) is -1.84. The maximum absolute atomic E-state index is 6.31. The number of benzene rings is 1. The maximum atomic E-state index is 6.31. The lowest BCUT2D eigenvalue weighted by Crippen LogP contribution is -2.42. The molecule has 0 radical (unpaired) electrons. The first-order valence-electron chi connectivity index (χ1n) is 6.34. The van der Waals surface area contributed by atoms with Gasteiger partial charge < -0.3 is 4.43 Å². The molecule has 0 spiro atoms. The highest BCUT2D eigenvalue weighted by Gasteiger charge is 2.39. The Morgan fingerprint density at radius 3 is 2.06 bits per heavy atom. The SMILES string of the molecule is C=C[Si](OCc1ccccc1)(C(C)C)C(C)C. The highest BCUT2D eigenvalue weighted by molar-refractivity contribution is 6.81. The van der Waals surface area contributed by atoms with Crippen LogP contribution in [-0.2, 0) is 11.0 Å². The highest BCUT2D eigenvalue weighted by Crippen LogP contribution is 2.34. The van der Waals surface area contributed by atoms with Gasteiger partial charge in [0, 0.05) is 0 Å². The second kappa shape index (κ2) is 6.17. The lowest BCUT2D eigenvalue weighted by molar-refractivity contribution is 0.282. The van der Waals surface area contributed by atoms with Crippen molar-refractivity contribution >= 4 is 8.32 Å². The van der Waals surface area contributed by atoms with Crippen molar-refractivity contribution in [1.29, 1.82) is 0 Å². The van der Waals surface area contributed by atoms with Crippen molar-refractivity contribution in [1.82, 2.24) is 0 Å². The molecule has 1 aromatic rings. The molecule has 0 aliphatic heterocycles. The maximum Gasteiger partial charge on any atom is 0.222 e. The predicted octanol–water partition coefficient (Wildman–Crippen LogP) is 4.69. The lowest BCUT2D eigenvalue weighted by atomic mass is 10.2. The fourth-order valence-electron chi connectivity index (χ4n) is 2.31. The second-order valence-electron chi connectivity index (χ2n) is 5.14. The molecule has 1 aromatic carbocycles. The minimum Gasteiger partial charge on any atom is -0.408 e. The normalized spacial score (nSPS) is 12.1. The van der Waals surface area contributed by atoms with E-state index in [2.05, 4.69) is 64.2 Å². The van der Waals surface area contributed by atoms with Crippen LogP contribution in [0.2, 0.25) is 11.1 Å². The van der Waals surface area contributed by atoms with Crippen LogP contribution in [0.3, 0.4) is 0 Å². The van der Waals surface area contributed by atoms with Crippen LogP contribution in [0.25, 0.3) is 0 Å². The summed E-state index contributed by atoms with van der Waals surface area (Å²) in [6.07, 6.45) is 0. The van der Waals surface area contributed by atoms with Gasteiger partial charge in [-0.2, -0.15) is 0 Å². The van der Waals surface area contributed by atoms with E-state index in [4.69, 9.17) is 4.43 Å². The predicted molar refractivity (Wildman–Crippen MR) is 77.4 cm³/mol. The van der Waals surface area contributed by atoms with Gasteiger partial charge in [-0.05, 0) is 16.6 Å². The van der Waals surface area contributed by atoms with E-state index in [1.165, 1.54) is 5.56 Å². The third-order valence-electron chi connectivity index (χ3n) is 3.46. The molecule has 0 heterocycles. The van der Waals surface area contributed by atoms with Crippen LogP contribution in [0, 0.1) is 0 Å². The molecule has 0 saturated carbocycles. The molecule has 1 rings (SSSR count). The van der Waals surface area contributed by atoms with E-state index in [0.29, 0.717) is 17.7 Å². The molecule has 0 saturated heterocycles. The van der Waals surface area contributed by atoms with Crippen molar-refractivity contribution in [3.63, 3.8) is 0 Å². The molecular formula is C15H24OSi. The largest absolute Gasteiger partial charge is 0.408 e. The van der Waals surface area contributed by atoms with Crippen molar-refractivity contribution in [2.75, 3.05) is 0 Å². The molecule has 0 bridgehead atoms. The minimum absolute atomic E-state index is 0.559. The lowest BCUT2D eigenvalue weighted by Gasteiger charge is -2.35. The van der Waals surface area contributed by atoms with Crippen LogP contribution in [-0.4, -0.2) is 8.32 Å². The van der Waals surface area contributed by atoms with Gasteiger partial charge in [-0.25, -0.2) is 0 Å². The van der Waals surface area contributed by atoms with Crippen LogP contribution in [0.4, 0.5) is 0 Å². The average Bonchev–Trinajstić information content (AvgIpc) is 2.31. The summed E-state index contributed by atoms with van der Waals surface area (Å²) in [5, 5.41) is 0. The van der Waals surface area contributed by atoms with Gasteiger partial charge in [0.1, 0.15) is 0 Å². The summed E-state index contributed by atoms with van der Waals surface area (Å²) >= 11 is 0. The zero-order valence-corrected chi connectivity index (χ0v) is 12.4. The quantitative estimate of drug-likeness (QED) is 0.663. The fourth-order valence-corrected chi connectivity index (χ4v) is 5.79. The van der Waals surface area contributed by atoms with Gasteiger partial charge in [-0.3, -0.25) is 0 Å². The Labute approximate surface area is 107 Å². The van der Waals surface area contributed by atoms with E-state index in [0.717, 1.165) is 0 Å². The molecule has 0 atom stereocenters. The van der Waals surface area contributed by atoms with E-state index < -0.39 is 8.32 Å². The van der Waals surface area contributed by atoms with E-state index in [1.807, 2.05) is 6.07 Å². The summed E-state index contributed by atoms with van der Waals surface area (Å²) in [5.74, 6) is 0. The number of hydrogen-bond acceptors (Lipinski definition) is 1. The van der Waals surface area contributed by atoms with Gasteiger partial charge in [-0.15, -0.1) is 6.58 Å². The monoisotopic (exact) mass is 248 g/mol.